The summed E-state index contributed by atoms with van der Waals surface area (Å²) in [6.45, 7) is 3.85. The lowest BCUT2D eigenvalue weighted by Crippen LogP contribution is -2.14. The van der Waals surface area contributed by atoms with E-state index in [0.717, 1.165) is 11.4 Å². The van der Waals surface area contributed by atoms with Gasteiger partial charge in [-0.2, -0.15) is 0 Å². The Balaban J connectivity index is 1.64. The smallest absolute Gasteiger partial charge is 0.275 e. The van der Waals surface area contributed by atoms with Gasteiger partial charge in [-0.3, -0.25) is 9.78 Å². The van der Waals surface area contributed by atoms with Crippen LogP contribution in [0.1, 0.15) is 21.7 Å². The highest BCUT2D eigenvalue weighted by Gasteiger charge is 2.08. The quantitative estimate of drug-likeness (QED) is 0.785. The largest absolute Gasteiger partial charge is 0.457 e. The van der Waals surface area contributed by atoms with Crippen LogP contribution in [0.25, 0.3) is 0 Å². The second kappa shape index (κ2) is 6.91. The molecule has 1 N–H and O–H groups in total. The van der Waals surface area contributed by atoms with E-state index in [1.165, 1.54) is 11.8 Å². The molecule has 0 fully saturated rings. The number of hydrogen-bond acceptors (Lipinski definition) is 4. The van der Waals surface area contributed by atoms with Crippen LogP contribution in [0.3, 0.4) is 0 Å². The van der Waals surface area contributed by atoms with Crippen LogP contribution in [0.5, 0.6) is 11.5 Å². The number of amides is 1. The molecule has 0 saturated carbocycles. The van der Waals surface area contributed by atoms with Crippen LogP contribution in [0.4, 0.5) is 5.69 Å². The van der Waals surface area contributed by atoms with Gasteiger partial charge in [-0.05, 0) is 50.2 Å². The first kappa shape index (κ1) is 15.7. The van der Waals surface area contributed by atoms with Crippen molar-refractivity contribution < 1.29 is 9.53 Å². The monoisotopic (exact) mass is 319 g/mol. The lowest BCUT2D eigenvalue weighted by molar-refractivity contribution is 0.102. The summed E-state index contributed by atoms with van der Waals surface area (Å²) < 4.78 is 5.76. The molecule has 0 saturated heterocycles. The van der Waals surface area contributed by atoms with Crippen molar-refractivity contribution >= 4 is 11.6 Å². The molecule has 120 valence electrons. The zero-order valence-electron chi connectivity index (χ0n) is 13.5. The average Bonchev–Trinajstić information content (AvgIpc) is 2.59. The minimum Gasteiger partial charge on any atom is -0.457 e. The fourth-order valence-electron chi connectivity index (χ4n) is 2.05. The molecule has 0 bridgehead atoms. The van der Waals surface area contributed by atoms with Crippen molar-refractivity contribution in [3.63, 3.8) is 0 Å². The molecule has 3 aromatic rings. The average molecular weight is 319 g/mol. The van der Waals surface area contributed by atoms with Gasteiger partial charge in [-0.25, -0.2) is 4.98 Å². The van der Waals surface area contributed by atoms with Crippen molar-refractivity contribution in [3.8, 4) is 11.5 Å². The number of ether oxygens (including phenoxy) is 1. The molecular formula is C19H17N3O2. The summed E-state index contributed by atoms with van der Waals surface area (Å²) in [6, 6.07) is 15.0. The van der Waals surface area contributed by atoms with Crippen LogP contribution < -0.4 is 10.1 Å². The summed E-state index contributed by atoms with van der Waals surface area (Å²) in [5, 5.41) is 2.78. The summed E-state index contributed by atoms with van der Waals surface area (Å²) in [5.41, 5.74) is 2.89. The van der Waals surface area contributed by atoms with Crippen LogP contribution in [0.15, 0.2) is 60.9 Å². The molecular weight excluding hydrogens is 302 g/mol. The van der Waals surface area contributed by atoms with Gasteiger partial charge < -0.3 is 10.1 Å². The van der Waals surface area contributed by atoms with E-state index in [-0.39, 0.29) is 11.6 Å². The molecule has 1 heterocycles. The Morgan fingerprint density at radius 2 is 1.50 bits per heavy atom. The van der Waals surface area contributed by atoms with E-state index in [1.54, 1.807) is 30.5 Å². The maximum atomic E-state index is 12.1. The van der Waals surface area contributed by atoms with Gasteiger partial charge in [0.2, 0.25) is 0 Å². The molecule has 5 heteroatoms. The molecule has 0 unspecified atom stereocenters. The number of benzene rings is 2. The third-order valence-electron chi connectivity index (χ3n) is 3.38. The molecule has 0 aliphatic carbocycles. The Kier molecular flexibility index (Phi) is 4.52. The van der Waals surface area contributed by atoms with Gasteiger partial charge in [0.25, 0.3) is 5.91 Å². The van der Waals surface area contributed by atoms with E-state index in [9.17, 15) is 4.79 Å². The summed E-state index contributed by atoms with van der Waals surface area (Å²) in [4.78, 5) is 20.2. The van der Waals surface area contributed by atoms with E-state index in [4.69, 9.17) is 4.74 Å². The van der Waals surface area contributed by atoms with Crippen molar-refractivity contribution in [1.82, 2.24) is 9.97 Å². The number of carbonyl (C=O) groups excluding carboxylic acids is 1. The third-order valence-corrected chi connectivity index (χ3v) is 3.38. The predicted molar refractivity (Wildman–Crippen MR) is 92.4 cm³/mol. The third kappa shape index (κ3) is 3.95. The number of carbonyl (C=O) groups is 1. The highest BCUT2D eigenvalue weighted by Crippen LogP contribution is 2.23. The summed E-state index contributed by atoms with van der Waals surface area (Å²) in [7, 11) is 0. The van der Waals surface area contributed by atoms with Gasteiger partial charge in [0.1, 0.15) is 17.2 Å². The number of nitrogens with one attached hydrogen (secondary N) is 1. The molecule has 0 radical (unpaired) electrons. The van der Waals surface area contributed by atoms with Gasteiger partial charge in [-0.15, -0.1) is 0 Å². The van der Waals surface area contributed by atoms with Crippen LogP contribution in [0, 0.1) is 13.8 Å². The molecule has 2 aromatic carbocycles. The Bertz CT molecular complexity index is 826. The van der Waals surface area contributed by atoms with Crippen LogP contribution in [-0.4, -0.2) is 15.9 Å². The Morgan fingerprint density at radius 3 is 2.08 bits per heavy atom. The Hall–Kier alpha value is -3.21. The SMILES string of the molecule is Cc1ccc(Oc2ccc(NC(=O)c3cnc(C)cn3)cc2)cc1. The van der Waals surface area contributed by atoms with Crippen LogP contribution >= 0.6 is 0 Å². The first-order chi connectivity index (χ1) is 11.6. The minimum absolute atomic E-state index is 0.278. The van der Waals surface area contributed by atoms with Crippen molar-refractivity contribution in [3.05, 3.63) is 77.9 Å². The fraction of sp³-hybridized carbons (Fsp3) is 0.105. The first-order valence-electron chi connectivity index (χ1n) is 7.55. The summed E-state index contributed by atoms with van der Waals surface area (Å²) in [5.74, 6) is 1.17. The van der Waals surface area contributed by atoms with Crippen molar-refractivity contribution in [2.24, 2.45) is 0 Å². The van der Waals surface area contributed by atoms with Gasteiger partial charge in [0.05, 0.1) is 11.9 Å². The number of rotatable bonds is 4. The molecule has 0 aliphatic rings. The van der Waals surface area contributed by atoms with Gasteiger partial charge in [0, 0.05) is 11.9 Å². The standard InChI is InChI=1S/C19H17N3O2/c1-13-3-7-16(8-4-13)24-17-9-5-15(6-10-17)22-19(23)18-12-20-14(2)11-21-18/h3-12H,1-2H3,(H,22,23). The zero-order chi connectivity index (χ0) is 16.9. The molecule has 3 rings (SSSR count). The van der Waals surface area contributed by atoms with Gasteiger partial charge >= 0.3 is 0 Å². The molecule has 0 atom stereocenters. The maximum Gasteiger partial charge on any atom is 0.275 e. The number of aromatic nitrogens is 2. The van der Waals surface area contributed by atoms with E-state index < -0.39 is 0 Å². The number of anilines is 1. The second-order valence-electron chi connectivity index (χ2n) is 5.44. The van der Waals surface area contributed by atoms with Crippen LogP contribution in [-0.2, 0) is 0 Å². The summed E-state index contributed by atoms with van der Waals surface area (Å²) in [6.07, 6.45) is 3.02. The van der Waals surface area contributed by atoms with E-state index in [1.807, 2.05) is 38.1 Å². The number of nitrogens with zero attached hydrogens (tertiary/aromatic N) is 2. The normalized spacial score (nSPS) is 10.2. The van der Waals surface area contributed by atoms with Crippen molar-refractivity contribution in [2.75, 3.05) is 5.32 Å². The second-order valence-corrected chi connectivity index (χ2v) is 5.44. The van der Waals surface area contributed by atoms with Crippen molar-refractivity contribution in [1.29, 1.82) is 0 Å². The molecule has 24 heavy (non-hydrogen) atoms. The summed E-state index contributed by atoms with van der Waals surface area (Å²) >= 11 is 0. The number of hydrogen-bond donors (Lipinski definition) is 1. The van der Waals surface area contributed by atoms with Crippen LogP contribution in [0.2, 0.25) is 0 Å². The maximum absolute atomic E-state index is 12.1. The molecule has 0 spiro atoms. The van der Waals surface area contributed by atoms with E-state index in [2.05, 4.69) is 15.3 Å². The first-order valence-corrected chi connectivity index (χ1v) is 7.55. The molecule has 5 nitrogen and oxygen atoms in total. The minimum atomic E-state index is -0.297. The lowest BCUT2D eigenvalue weighted by atomic mass is 10.2. The van der Waals surface area contributed by atoms with E-state index in [0.29, 0.717) is 11.4 Å². The Labute approximate surface area is 140 Å². The fourth-order valence-corrected chi connectivity index (χ4v) is 2.05. The topological polar surface area (TPSA) is 64.1 Å². The van der Waals surface area contributed by atoms with Crippen molar-refractivity contribution in [2.45, 2.75) is 13.8 Å². The molecule has 1 amide bonds. The lowest BCUT2D eigenvalue weighted by Gasteiger charge is -2.08. The number of aryl methyl sites for hydroxylation is 2. The van der Waals surface area contributed by atoms with Gasteiger partial charge in [-0.1, -0.05) is 17.7 Å². The Morgan fingerprint density at radius 1 is 0.875 bits per heavy atom. The highest BCUT2D eigenvalue weighted by molar-refractivity contribution is 6.02. The molecule has 1 aromatic heterocycles. The molecule has 0 aliphatic heterocycles. The predicted octanol–water partition coefficient (Wildman–Crippen LogP) is 4.14. The van der Waals surface area contributed by atoms with E-state index >= 15 is 0 Å². The zero-order valence-corrected chi connectivity index (χ0v) is 13.5. The highest BCUT2D eigenvalue weighted by atomic mass is 16.5. The van der Waals surface area contributed by atoms with Gasteiger partial charge in [0.15, 0.2) is 0 Å².